The van der Waals surface area contributed by atoms with Gasteiger partial charge in [0.2, 0.25) is 0 Å². The quantitative estimate of drug-likeness (QED) is 0.750. The van der Waals surface area contributed by atoms with Gasteiger partial charge in [-0.3, -0.25) is 0 Å². The van der Waals surface area contributed by atoms with Gasteiger partial charge in [0, 0.05) is 0 Å². The Labute approximate surface area is 90.2 Å². The zero-order chi connectivity index (χ0) is 10.7. The summed E-state index contributed by atoms with van der Waals surface area (Å²) in [6.07, 6.45) is 5.49. The summed E-state index contributed by atoms with van der Waals surface area (Å²) in [5, 5.41) is 9.53. The average molecular weight is 204 g/mol. The summed E-state index contributed by atoms with van der Waals surface area (Å²) in [4.78, 5) is 0. The first-order chi connectivity index (χ1) is 7.29. The van der Waals surface area contributed by atoms with Crippen molar-refractivity contribution in [2.75, 3.05) is 7.11 Å². The van der Waals surface area contributed by atoms with Crippen LogP contribution in [0.15, 0.2) is 36.4 Å². The zero-order valence-electron chi connectivity index (χ0n) is 8.89. The summed E-state index contributed by atoms with van der Waals surface area (Å²) in [6, 6.07) is 8.10. The molecule has 0 aromatic heterocycles. The van der Waals surface area contributed by atoms with Crippen molar-refractivity contribution in [3.05, 3.63) is 42.0 Å². The molecule has 15 heavy (non-hydrogen) atoms. The Morgan fingerprint density at radius 1 is 1.27 bits per heavy atom. The van der Waals surface area contributed by atoms with E-state index in [4.69, 9.17) is 4.74 Å². The molecule has 0 spiro atoms. The largest absolute Gasteiger partial charge is 0.497 e. The van der Waals surface area contributed by atoms with E-state index in [1.807, 2.05) is 18.2 Å². The Morgan fingerprint density at radius 2 is 2.00 bits per heavy atom. The SMILES string of the molecule is COc1ccc([C@H]2CC=C[C@@H](O)C2)cc1. The molecule has 0 saturated carbocycles. The first kappa shape index (κ1) is 10.2. The van der Waals surface area contributed by atoms with Crippen LogP contribution in [0.2, 0.25) is 0 Å². The summed E-state index contributed by atoms with van der Waals surface area (Å²) in [6.45, 7) is 0. The summed E-state index contributed by atoms with van der Waals surface area (Å²) in [5.41, 5.74) is 1.28. The lowest BCUT2D eigenvalue weighted by Gasteiger charge is -2.21. The van der Waals surface area contributed by atoms with Gasteiger partial charge in [0.15, 0.2) is 0 Å². The second-order valence-corrected chi connectivity index (χ2v) is 3.94. The highest BCUT2D eigenvalue weighted by molar-refractivity contribution is 5.30. The van der Waals surface area contributed by atoms with E-state index in [0.717, 1.165) is 18.6 Å². The average Bonchev–Trinajstić information content (AvgIpc) is 2.29. The third-order valence-corrected chi connectivity index (χ3v) is 2.89. The van der Waals surface area contributed by atoms with E-state index in [-0.39, 0.29) is 6.10 Å². The van der Waals surface area contributed by atoms with Gasteiger partial charge in [-0.25, -0.2) is 0 Å². The molecule has 2 nitrogen and oxygen atoms in total. The van der Waals surface area contributed by atoms with Crippen molar-refractivity contribution in [3.63, 3.8) is 0 Å². The predicted molar refractivity (Wildman–Crippen MR) is 60.1 cm³/mol. The topological polar surface area (TPSA) is 29.5 Å². The van der Waals surface area contributed by atoms with Crippen LogP contribution in [-0.4, -0.2) is 18.3 Å². The van der Waals surface area contributed by atoms with Crippen LogP contribution in [0.25, 0.3) is 0 Å². The number of rotatable bonds is 2. The number of hydrogen-bond donors (Lipinski definition) is 1. The molecule has 1 aromatic carbocycles. The molecule has 0 radical (unpaired) electrons. The van der Waals surface area contributed by atoms with Gasteiger partial charge >= 0.3 is 0 Å². The number of methoxy groups -OCH3 is 1. The van der Waals surface area contributed by atoms with Gasteiger partial charge in [-0.05, 0) is 36.5 Å². The fourth-order valence-electron chi connectivity index (χ4n) is 2.01. The highest BCUT2D eigenvalue weighted by atomic mass is 16.5. The Hall–Kier alpha value is -1.28. The van der Waals surface area contributed by atoms with E-state index in [1.54, 1.807) is 7.11 Å². The first-order valence-corrected chi connectivity index (χ1v) is 5.28. The van der Waals surface area contributed by atoms with Gasteiger partial charge in [0.25, 0.3) is 0 Å². The third-order valence-electron chi connectivity index (χ3n) is 2.89. The van der Waals surface area contributed by atoms with Crippen molar-refractivity contribution in [1.82, 2.24) is 0 Å². The number of ether oxygens (including phenoxy) is 1. The van der Waals surface area contributed by atoms with Crippen molar-refractivity contribution < 1.29 is 9.84 Å². The van der Waals surface area contributed by atoms with Crippen LogP contribution in [0.3, 0.4) is 0 Å². The first-order valence-electron chi connectivity index (χ1n) is 5.28. The monoisotopic (exact) mass is 204 g/mol. The molecule has 80 valence electrons. The number of aliphatic hydroxyl groups is 1. The maximum absolute atomic E-state index is 9.53. The summed E-state index contributed by atoms with van der Waals surface area (Å²) in [7, 11) is 1.67. The molecular weight excluding hydrogens is 188 g/mol. The maximum Gasteiger partial charge on any atom is 0.118 e. The number of allylic oxidation sites excluding steroid dienone is 1. The maximum atomic E-state index is 9.53. The minimum absolute atomic E-state index is 0.286. The molecule has 1 aliphatic carbocycles. The van der Waals surface area contributed by atoms with E-state index >= 15 is 0 Å². The molecule has 0 heterocycles. The molecule has 2 heteroatoms. The third kappa shape index (κ3) is 2.39. The van der Waals surface area contributed by atoms with Crippen molar-refractivity contribution in [2.24, 2.45) is 0 Å². The highest BCUT2D eigenvalue weighted by Gasteiger charge is 2.17. The molecule has 0 bridgehead atoms. The smallest absolute Gasteiger partial charge is 0.118 e. The van der Waals surface area contributed by atoms with Crippen LogP contribution in [0.4, 0.5) is 0 Å². The van der Waals surface area contributed by atoms with Gasteiger partial charge in [0.1, 0.15) is 5.75 Å². The highest BCUT2D eigenvalue weighted by Crippen LogP contribution is 2.30. The van der Waals surface area contributed by atoms with Gasteiger partial charge < -0.3 is 9.84 Å². The van der Waals surface area contributed by atoms with Crippen molar-refractivity contribution in [1.29, 1.82) is 0 Å². The lowest BCUT2D eigenvalue weighted by Crippen LogP contribution is -2.13. The van der Waals surface area contributed by atoms with Crippen LogP contribution < -0.4 is 4.74 Å². The molecule has 0 unspecified atom stereocenters. The van der Waals surface area contributed by atoms with Crippen LogP contribution in [0.5, 0.6) is 5.75 Å². The van der Waals surface area contributed by atoms with Crippen LogP contribution in [0, 0.1) is 0 Å². The van der Waals surface area contributed by atoms with Crippen LogP contribution in [0.1, 0.15) is 24.3 Å². The summed E-state index contributed by atoms with van der Waals surface area (Å²) >= 11 is 0. The van der Waals surface area contributed by atoms with E-state index in [0.29, 0.717) is 5.92 Å². The van der Waals surface area contributed by atoms with Gasteiger partial charge in [-0.15, -0.1) is 0 Å². The molecule has 0 aliphatic heterocycles. The lowest BCUT2D eigenvalue weighted by atomic mass is 9.86. The van der Waals surface area contributed by atoms with Crippen molar-refractivity contribution in [2.45, 2.75) is 24.9 Å². The fourth-order valence-corrected chi connectivity index (χ4v) is 2.01. The Morgan fingerprint density at radius 3 is 2.60 bits per heavy atom. The van der Waals surface area contributed by atoms with E-state index in [2.05, 4.69) is 18.2 Å². The zero-order valence-corrected chi connectivity index (χ0v) is 8.89. The predicted octanol–water partition coefficient (Wildman–Crippen LogP) is 2.49. The molecular formula is C13H16O2. The van der Waals surface area contributed by atoms with E-state index in [1.165, 1.54) is 5.56 Å². The molecule has 1 N–H and O–H groups in total. The number of benzene rings is 1. The van der Waals surface area contributed by atoms with Gasteiger partial charge in [-0.2, -0.15) is 0 Å². The van der Waals surface area contributed by atoms with Crippen LogP contribution >= 0.6 is 0 Å². The van der Waals surface area contributed by atoms with Crippen molar-refractivity contribution >= 4 is 0 Å². The fraction of sp³-hybridized carbons (Fsp3) is 0.385. The summed E-state index contributed by atoms with van der Waals surface area (Å²) < 4.78 is 5.11. The Bertz CT molecular complexity index is 340. The van der Waals surface area contributed by atoms with Gasteiger partial charge in [0.05, 0.1) is 13.2 Å². The molecule has 0 fully saturated rings. The Balaban J connectivity index is 2.12. The number of aliphatic hydroxyl groups excluding tert-OH is 1. The van der Waals surface area contributed by atoms with Crippen LogP contribution in [-0.2, 0) is 0 Å². The molecule has 1 aliphatic rings. The molecule has 0 saturated heterocycles. The molecule has 2 rings (SSSR count). The molecule has 0 amide bonds. The van der Waals surface area contributed by atoms with E-state index in [9.17, 15) is 5.11 Å². The second kappa shape index (κ2) is 4.49. The van der Waals surface area contributed by atoms with Crippen molar-refractivity contribution in [3.8, 4) is 5.75 Å². The minimum Gasteiger partial charge on any atom is -0.497 e. The normalized spacial score (nSPS) is 25.2. The lowest BCUT2D eigenvalue weighted by molar-refractivity contribution is 0.195. The molecule has 2 atom stereocenters. The summed E-state index contributed by atoms with van der Waals surface area (Å²) in [5.74, 6) is 1.32. The molecule has 1 aromatic rings. The minimum atomic E-state index is -0.286. The van der Waals surface area contributed by atoms with Gasteiger partial charge in [-0.1, -0.05) is 24.3 Å². The standard InChI is InChI=1S/C13H16O2/c1-15-13-7-5-10(6-8-13)11-3-2-4-12(14)9-11/h2,4-8,11-12,14H,3,9H2,1H3/t11-,12+/m0/s1. The number of hydrogen-bond acceptors (Lipinski definition) is 2. The second-order valence-electron chi connectivity index (χ2n) is 3.94. The van der Waals surface area contributed by atoms with E-state index < -0.39 is 0 Å². The Kier molecular flexibility index (Phi) is 3.07.